The number of hydrogen-bond donors (Lipinski definition) is 2. The number of aromatic nitrogens is 4. The molecule has 3 N–H and O–H groups in total. The highest BCUT2D eigenvalue weighted by Gasteiger charge is 2.17. The number of rotatable bonds is 4. The highest BCUT2D eigenvalue weighted by molar-refractivity contribution is 6.05. The third-order valence-electron chi connectivity index (χ3n) is 3.36. The second-order valence-corrected chi connectivity index (χ2v) is 4.90. The average Bonchev–Trinajstić information content (AvgIpc) is 2.92. The number of fused-ring (bicyclic) bond motifs is 1. The first-order valence-electron chi connectivity index (χ1n) is 6.74. The van der Waals surface area contributed by atoms with E-state index in [1.807, 2.05) is 6.07 Å². The lowest BCUT2D eigenvalue weighted by Crippen LogP contribution is -2.14. The molecule has 0 radical (unpaired) electrons. The summed E-state index contributed by atoms with van der Waals surface area (Å²) < 4.78 is 1.20. The average molecular weight is 322 g/mol. The minimum Gasteiger partial charge on any atom is -0.480 e. The van der Waals surface area contributed by atoms with Crippen LogP contribution in [0.2, 0.25) is 0 Å². The molecular formula is C15H10N6O3. The first-order chi connectivity index (χ1) is 11.5. The predicted molar refractivity (Wildman–Crippen MR) is 81.6 cm³/mol. The zero-order valence-electron chi connectivity index (χ0n) is 12.2. The second kappa shape index (κ2) is 5.77. The van der Waals surface area contributed by atoms with Crippen LogP contribution >= 0.6 is 0 Å². The number of carbonyl (C=O) groups is 2. The molecule has 3 aromatic rings. The third-order valence-corrected chi connectivity index (χ3v) is 3.36. The first-order valence-corrected chi connectivity index (χ1v) is 6.74. The van der Waals surface area contributed by atoms with E-state index >= 15 is 0 Å². The van der Waals surface area contributed by atoms with E-state index in [1.54, 1.807) is 18.2 Å². The summed E-state index contributed by atoms with van der Waals surface area (Å²) in [4.78, 5) is 30.3. The van der Waals surface area contributed by atoms with E-state index in [-0.39, 0.29) is 11.5 Å². The van der Waals surface area contributed by atoms with Gasteiger partial charge < -0.3 is 10.8 Å². The number of nitriles is 1. The van der Waals surface area contributed by atoms with E-state index in [9.17, 15) is 9.59 Å². The normalized spacial score (nSPS) is 10.5. The molecule has 0 saturated heterocycles. The molecule has 1 amide bonds. The number of benzene rings is 1. The Kier molecular flexibility index (Phi) is 3.63. The topological polar surface area (TPSA) is 148 Å². The fourth-order valence-corrected chi connectivity index (χ4v) is 2.32. The second-order valence-electron chi connectivity index (χ2n) is 4.90. The molecule has 9 heteroatoms. The third kappa shape index (κ3) is 2.64. The zero-order valence-corrected chi connectivity index (χ0v) is 12.2. The van der Waals surface area contributed by atoms with Crippen LogP contribution in [-0.2, 0) is 11.3 Å². The van der Waals surface area contributed by atoms with Crippen molar-refractivity contribution in [1.29, 1.82) is 5.26 Å². The van der Waals surface area contributed by atoms with Gasteiger partial charge in [0.25, 0.3) is 5.91 Å². The number of nitrogens with two attached hydrogens (primary N) is 1. The predicted octanol–water partition coefficient (Wildman–Crippen LogP) is 0.548. The van der Waals surface area contributed by atoms with Gasteiger partial charge in [0.15, 0.2) is 5.69 Å². The number of carboxylic acids is 1. The molecule has 2 aromatic heterocycles. The van der Waals surface area contributed by atoms with Crippen LogP contribution in [0.3, 0.4) is 0 Å². The van der Waals surface area contributed by atoms with Crippen LogP contribution in [0.1, 0.15) is 16.3 Å². The number of amides is 1. The molecule has 0 atom stereocenters. The van der Waals surface area contributed by atoms with E-state index in [1.165, 1.54) is 17.1 Å². The molecule has 0 saturated carbocycles. The van der Waals surface area contributed by atoms with Crippen LogP contribution in [0.4, 0.5) is 0 Å². The molecule has 9 nitrogen and oxygen atoms in total. The summed E-state index contributed by atoms with van der Waals surface area (Å²) >= 11 is 0. The number of nitrogens with zero attached hydrogens (tertiary/aromatic N) is 5. The highest BCUT2D eigenvalue weighted by Crippen LogP contribution is 2.25. The van der Waals surface area contributed by atoms with Gasteiger partial charge in [-0.25, -0.2) is 9.97 Å². The Balaban J connectivity index is 2.16. The van der Waals surface area contributed by atoms with Crippen molar-refractivity contribution in [3.8, 4) is 17.2 Å². The molecular weight excluding hydrogens is 312 g/mol. The molecule has 0 aliphatic heterocycles. The number of hydrogen-bond acceptors (Lipinski definition) is 6. The Morgan fingerprint density at radius 1 is 1.25 bits per heavy atom. The molecule has 1 aromatic carbocycles. The largest absolute Gasteiger partial charge is 0.480 e. The first kappa shape index (κ1) is 15.1. The van der Waals surface area contributed by atoms with Gasteiger partial charge in [0.05, 0.1) is 5.52 Å². The van der Waals surface area contributed by atoms with E-state index in [2.05, 4.69) is 15.1 Å². The Morgan fingerprint density at radius 3 is 2.54 bits per heavy atom. The Morgan fingerprint density at radius 2 is 1.96 bits per heavy atom. The summed E-state index contributed by atoms with van der Waals surface area (Å²) in [6.45, 7) is -0.406. The number of carboxylic acid groups (broad SMARTS) is 1. The number of carbonyl (C=O) groups excluding carboxylic acids is 1. The van der Waals surface area contributed by atoms with Crippen molar-refractivity contribution >= 4 is 22.8 Å². The van der Waals surface area contributed by atoms with Crippen LogP contribution < -0.4 is 5.73 Å². The summed E-state index contributed by atoms with van der Waals surface area (Å²) in [6.07, 6.45) is 2.97. The maximum absolute atomic E-state index is 11.5. The quantitative estimate of drug-likeness (QED) is 0.712. The molecule has 118 valence electrons. The lowest BCUT2D eigenvalue weighted by Gasteiger charge is -2.03. The van der Waals surface area contributed by atoms with Crippen LogP contribution in [-0.4, -0.2) is 36.7 Å². The summed E-state index contributed by atoms with van der Waals surface area (Å²) in [5.41, 5.74) is 7.08. The van der Waals surface area contributed by atoms with Gasteiger partial charge in [-0.3, -0.25) is 14.3 Å². The lowest BCUT2D eigenvalue weighted by molar-refractivity contribution is -0.137. The minimum atomic E-state index is -1.09. The van der Waals surface area contributed by atoms with Gasteiger partial charge in [0, 0.05) is 23.3 Å². The smallest absolute Gasteiger partial charge is 0.325 e. The zero-order chi connectivity index (χ0) is 17.3. The van der Waals surface area contributed by atoms with Gasteiger partial charge in [-0.1, -0.05) is 6.07 Å². The van der Waals surface area contributed by atoms with Crippen LogP contribution in [0.5, 0.6) is 0 Å². The molecule has 0 unspecified atom stereocenters. The fraction of sp³-hybridized carbons (Fsp3) is 0.0667. The molecule has 0 aliphatic carbocycles. The number of aliphatic carboxylic acids is 1. The monoisotopic (exact) mass is 322 g/mol. The van der Waals surface area contributed by atoms with Gasteiger partial charge in [0.2, 0.25) is 5.82 Å². The highest BCUT2D eigenvalue weighted by atomic mass is 16.4. The van der Waals surface area contributed by atoms with Gasteiger partial charge in [-0.15, -0.1) is 0 Å². The van der Waals surface area contributed by atoms with Crippen LogP contribution in [0, 0.1) is 11.3 Å². The Labute approximate surface area is 135 Å². The van der Waals surface area contributed by atoms with E-state index < -0.39 is 18.4 Å². The standard InChI is InChI=1S/C15H10N6O3/c16-4-12-18-5-9(6-19-12)8-1-2-10-11(3-8)21(7-13(22)23)20-14(10)15(17)24/h1-3,5-6H,7H2,(H2,17,24)(H,22,23). The number of primary amides is 1. The summed E-state index contributed by atoms with van der Waals surface area (Å²) in [7, 11) is 0. The van der Waals surface area contributed by atoms with Crippen molar-refractivity contribution in [3.05, 3.63) is 42.1 Å². The van der Waals surface area contributed by atoms with Crippen LogP contribution in [0.15, 0.2) is 30.6 Å². The van der Waals surface area contributed by atoms with Gasteiger partial charge >= 0.3 is 5.97 Å². The van der Waals surface area contributed by atoms with Crippen molar-refractivity contribution < 1.29 is 14.7 Å². The summed E-state index contributed by atoms with van der Waals surface area (Å²) in [5.74, 6) is -1.78. The van der Waals surface area contributed by atoms with Crippen molar-refractivity contribution in [3.63, 3.8) is 0 Å². The summed E-state index contributed by atoms with van der Waals surface area (Å²) in [5, 5.41) is 22.2. The molecule has 0 aliphatic rings. The molecule has 0 bridgehead atoms. The lowest BCUT2D eigenvalue weighted by atomic mass is 10.1. The van der Waals surface area contributed by atoms with Crippen molar-refractivity contribution in [2.45, 2.75) is 6.54 Å². The van der Waals surface area contributed by atoms with Crippen molar-refractivity contribution in [2.75, 3.05) is 0 Å². The van der Waals surface area contributed by atoms with Gasteiger partial charge in [-0.2, -0.15) is 10.4 Å². The molecule has 24 heavy (non-hydrogen) atoms. The molecule has 0 spiro atoms. The Bertz CT molecular complexity index is 1000. The summed E-state index contributed by atoms with van der Waals surface area (Å²) in [6, 6.07) is 6.85. The molecule has 0 fully saturated rings. The van der Waals surface area contributed by atoms with E-state index in [0.717, 1.165) is 0 Å². The maximum Gasteiger partial charge on any atom is 0.325 e. The SMILES string of the molecule is N#Cc1ncc(-c2ccc3c(C(N)=O)nn(CC(=O)O)c3c2)cn1. The van der Waals surface area contributed by atoms with Crippen molar-refractivity contribution in [1.82, 2.24) is 19.7 Å². The molecule has 2 heterocycles. The van der Waals surface area contributed by atoms with Gasteiger partial charge in [0.1, 0.15) is 12.6 Å². The van der Waals surface area contributed by atoms with Crippen molar-refractivity contribution in [2.24, 2.45) is 5.73 Å². The maximum atomic E-state index is 11.5. The van der Waals surface area contributed by atoms with Gasteiger partial charge in [-0.05, 0) is 17.7 Å². The molecule has 3 rings (SSSR count). The fourth-order valence-electron chi connectivity index (χ4n) is 2.32. The van der Waals surface area contributed by atoms with Crippen LogP contribution in [0.25, 0.3) is 22.0 Å². The minimum absolute atomic E-state index is 0.00822. The van der Waals surface area contributed by atoms with E-state index in [4.69, 9.17) is 16.1 Å². The van der Waals surface area contributed by atoms with E-state index in [0.29, 0.717) is 22.0 Å². The Hall–Kier alpha value is -3.80.